The van der Waals surface area contributed by atoms with E-state index in [0.717, 1.165) is 54.6 Å². The standard InChI is InChI=1S/C28H42O2/c1-18-4-10-21(11-5-18)24-16-25(22-12-6-19(2)7-13-22)27(28(29)30)26(17-24)23-14-8-20(3)9-15-23/h16-23H,4-15H2,1-3H3,(H,29,30)/p-1. The molecular formula is C28H41O2-. The first-order valence-electron chi connectivity index (χ1n) is 12.8. The predicted molar refractivity (Wildman–Crippen MR) is 122 cm³/mol. The Morgan fingerprint density at radius 3 is 1.30 bits per heavy atom. The van der Waals surface area contributed by atoms with Crippen LogP contribution in [-0.4, -0.2) is 5.97 Å². The number of rotatable bonds is 4. The SMILES string of the molecule is CC1CCC(c2cc(C3CCC(C)CC3)c(C(=O)[O-])c(C3CCC(C)CC3)c2)CC1. The third kappa shape index (κ3) is 4.78. The molecule has 0 amide bonds. The van der Waals surface area contributed by atoms with Crippen molar-refractivity contribution >= 4 is 5.97 Å². The van der Waals surface area contributed by atoms with Crippen molar-refractivity contribution in [3.05, 3.63) is 34.4 Å². The van der Waals surface area contributed by atoms with Crippen LogP contribution in [0.25, 0.3) is 0 Å². The fourth-order valence-corrected chi connectivity index (χ4v) is 6.56. The number of carboxylic acid groups (broad SMARTS) is 1. The third-order valence-corrected chi connectivity index (χ3v) is 8.82. The topological polar surface area (TPSA) is 40.1 Å². The summed E-state index contributed by atoms with van der Waals surface area (Å²) in [6.45, 7) is 7.05. The van der Waals surface area contributed by atoms with Crippen molar-refractivity contribution in [2.45, 2.75) is 116 Å². The summed E-state index contributed by atoms with van der Waals surface area (Å²) in [5, 5.41) is 12.5. The van der Waals surface area contributed by atoms with Crippen LogP contribution < -0.4 is 5.11 Å². The van der Waals surface area contributed by atoms with Gasteiger partial charge < -0.3 is 9.90 Å². The molecule has 0 radical (unpaired) electrons. The Balaban J connectivity index is 1.74. The van der Waals surface area contributed by atoms with Crippen LogP contribution in [0.4, 0.5) is 0 Å². The average molecular weight is 410 g/mol. The highest BCUT2D eigenvalue weighted by atomic mass is 16.4. The summed E-state index contributed by atoms with van der Waals surface area (Å²) in [6, 6.07) is 4.64. The first-order valence-corrected chi connectivity index (χ1v) is 12.8. The Morgan fingerprint density at radius 2 is 0.967 bits per heavy atom. The number of hydrogen-bond acceptors (Lipinski definition) is 2. The second-order valence-electron chi connectivity index (χ2n) is 11.2. The van der Waals surface area contributed by atoms with Crippen LogP contribution in [-0.2, 0) is 0 Å². The van der Waals surface area contributed by atoms with Gasteiger partial charge in [0.1, 0.15) is 0 Å². The molecule has 2 heteroatoms. The van der Waals surface area contributed by atoms with E-state index in [1.165, 1.54) is 56.9 Å². The zero-order chi connectivity index (χ0) is 21.3. The van der Waals surface area contributed by atoms with Crippen molar-refractivity contribution in [1.29, 1.82) is 0 Å². The Hall–Kier alpha value is -1.31. The lowest BCUT2D eigenvalue weighted by molar-refractivity contribution is -0.255. The summed E-state index contributed by atoms with van der Waals surface area (Å²) in [6.07, 6.45) is 14.5. The van der Waals surface area contributed by atoms with Crippen LogP contribution in [0, 0.1) is 17.8 Å². The zero-order valence-corrected chi connectivity index (χ0v) is 19.4. The molecule has 0 aromatic heterocycles. The highest BCUT2D eigenvalue weighted by molar-refractivity contribution is 5.90. The van der Waals surface area contributed by atoms with Gasteiger partial charge in [-0.15, -0.1) is 0 Å². The lowest BCUT2D eigenvalue weighted by Crippen LogP contribution is -2.29. The first kappa shape index (κ1) is 21.9. The van der Waals surface area contributed by atoms with E-state index in [1.807, 2.05) is 0 Å². The van der Waals surface area contributed by atoms with E-state index in [1.54, 1.807) is 0 Å². The normalized spacial score (nSPS) is 35.2. The lowest BCUT2D eigenvalue weighted by atomic mass is 9.71. The summed E-state index contributed by atoms with van der Waals surface area (Å²) in [4.78, 5) is 12.5. The van der Waals surface area contributed by atoms with Gasteiger partial charge in [-0.2, -0.15) is 0 Å². The molecule has 2 nitrogen and oxygen atoms in total. The first-order chi connectivity index (χ1) is 14.4. The van der Waals surface area contributed by atoms with Gasteiger partial charge >= 0.3 is 0 Å². The van der Waals surface area contributed by atoms with Gasteiger partial charge in [0.05, 0.1) is 5.97 Å². The highest BCUT2D eigenvalue weighted by Gasteiger charge is 2.30. The molecule has 4 rings (SSSR count). The van der Waals surface area contributed by atoms with Crippen molar-refractivity contribution in [1.82, 2.24) is 0 Å². The van der Waals surface area contributed by atoms with Crippen molar-refractivity contribution in [2.75, 3.05) is 0 Å². The monoisotopic (exact) mass is 409 g/mol. The summed E-state index contributed by atoms with van der Waals surface area (Å²) in [7, 11) is 0. The Morgan fingerprint density at radius 1 is 0.633 bits per heavy atom. The van der Waals surface area contributed by atoms with Crippen LogP contribution in [0.15, 0.2) is 12.1 Å². The average Bonchev–Trinajstić information content (AvgIpc) is 2.74. The molecule has 0 atom stereocenters. The second-order valence-corrected chi connectivity index (χ2v) is 11.2. The van der Waals surface area contributed by atoms with Gasteiger partial charge in [-0.1, -0.05) is 71.4 Å². The number of hydrogen-bond donors (Lipinski definition) is 0. The van der Waals surface area contributed by atoms with Crippen LogP contribution in [0.5, 0.6) is 0 Å². The number of carbonyl (C=O) groups excluding carboxylic acids is 1. The highest BCUT2D eigenvalue weighted by Crippen LogP contribution is 2.45. The lowest BCUT2D eigenvalue weighted by Gasteiger charge is -2.35. The third-order valence-electron chi connectivity index (χ3n) is 8.82. The summed E-state index contributed by atoms with van der Waals surface area (Å²) < 4.78 is 0. The molecule has 3 saturated carbocycles. The fourth-order valence-electron chi connectivity index (χ4n) is 6.56. The van der Waals surface area contributed by atoms with Gasteiger partial charge in [-0.05, 0) is 90.7 Å². The molecule has 30 heavy (non-hydrogen) atoms. The Bertz CT molecular complexity index is 684. The summed E-state index contributed by atoms with van der Waals surface area (Å²) in [5.74, 6) is 2.86. The maximum atomic E-state index is 12.5. The zero-order valence-electron chi connectivity index (χ0n) is 19.4. The van der Waals surface area contributed by atoms with E-state index in [4.69, 9.17) is 0 Å². The smallest absolute Gasteiger partial charge is 0.0721 e. The van der Waals surface area contributed by atoms with Crippen LogP contribution in [0.2, 0.25) is 0 Å². The van der Waals surface area contributed by atoms with Crippen molar-refractivity contribution in [3.63, 3.8) is 0 Å². The van der Waals surface area contributed by atoms with Crippen LogP contribution in [0.1, 0.15) is 143 Å². The van der Waals surface area contributed by atoms with E-state index in [0.29, 0.717) is 23.3 Å². The van der Waals surface area contributed by atoms with Crippen LogP contribution in [0.3, 0.4) is 0 Å². The van der Waals surface area contributed by atoms with E-state index in [9.17, 15) is 9.90 Å². The van der Waals surface area contributed by atoms with Crippen molar-refractivity contribution in [2.24, 2.45) is 17.8 Å². The number of carboxylic acids is 1. The maximum Gasteiger partial charge on any atom is 0.0721 e. The van der Waals surface area contributed by atoms with Gasteiger partial charge in [0.25, 0.3) is 0 Å². The molecule has 3 aliphatic carbocycles. The predicted octanol–water partition coefficient (Wildman–Crippen LogP) is 6.93. The quantitative estimate of drug-likeness (QED) is 0.541. The van der Waals surface area contributed by atoms with E-state index < -0.39 is 5.97 Å². The minimum atomic E-state index is -0.930. The van der Waals surface area contributed by atoms with Gasteiger partial charge in [0.2, 0.25) is 0 Å². The summed E-state index contributed by atoms with van der Waals surface area (Å²) in [5.41, 5.74) is 4.29. The molecule has 0 spiro atoms. The molecule has 3 aliphatic rings. The number of benzene rings is 1. The second kappa shape index (κ2) is 9.45. The molecule has 0 saturated heterocycles. The van der Waals surface area contributed by atoms with Gasteiger partial charge in [-0.3, -0.25) is 0 Å². The molecule has 0 bridgehead atoms. The molecule has 0 N–H and O–H groups in total. The van der Waals surface area contributed by atoms with E-state index >= 15 is 0 Å². The Labute approximate surface area is 183 Å². The maximum absolute atomic E-state index is 12.5. The van der Waals surface area contributed by atoms with E-state index in [2.05, 4.69) is 32.9 Å². The Kier molecular flexibility index (Phi) is 6.90. The van der Waals surface area contributed by atoms with Crippen molar-refractivity contribution in [3.8, 4) is 0 Å². The molecule has 0 aliphatic heterocycles. The van der Waals surface area contributed by atoms with Crippen molar-refractivity contribution < 1.29 is 9.90 Å². The van der Waals surface area contributed by atoms with Crippen LogP contribution >= 0.6 is 0 Å². The minimum Gasteiger partial charge on any atom is -0.545 e. The molecule has 1 aromatic rings. The number of aromatic carboxylic acids is 1. The number of carbonyl (C=O) groups is 1. The largest absolute Gasteiger partial charge is 0.545 e. The molecule has 1 aromatic carbocycles. The van der Waals surface area contributed by atoms with Gasteiger partial charge in [0.15, 0.2) is 0 Å². The fraction of sp³-hybridized carbons (Fsp3) is 0.750. The molecule has 0 heterocycles. The summed E-state index contributed by atoms with van der Waals surface area (Å²) >= 11 is 0. The molecule has 0 unspecified atom stereocenters. The van der Waals surface area contributed by atoms with E-state index in [-0.39, 0.29) is 0 Å². The van der Waals surface area contributed by atoms with Gasteiger partial charge in [0, 0.05) is 5.56 Å². The van der Waals surface area contributed by atoms with Gasteiger partial charge in [-0.25, -0.2) is 0 Å². The molecular weight excluding hydrogens is 368 g/mol. The molecule has 3 fully saturated rings. The minimum absolute atomic E-state index is 0.401. The molecule has 166 valence electrons.